The molecule has 3 rings (SSSR count). The monoisotopic (exact) mass is 534 g/mol. The molecule has 1 atom stereocenters. The van der Waals surface area contributed by atoms with E-state index in [4.69, 9.17) is 0 Å². The van der Waals surface area contributed by atoms with Crippen molar-refractivity contribution in [3.63, 3.8) is 0 Å². The van der Waals surface area contributed by atoms with Crippen molar-refractivity contribution >= 4 is 27.7 Å². The van der Waals surface area contributed by atoms with Gasteiger partial charge in [0.25, 0.3) is 0 Å². The largest absolute Gasteiger partial charge is 0.354 e. The van der Waals surface area contributed by atoms with Gasteiger partial charge in [-0.15, -0.1) is 0 Å². The van der Waals surface area contributed by atoms with Crippen molar-refractivity contribution in [2.45, 2.75) is 59.0 Å². The Balaban J connectivity index is 1.96. The second-order valence-electron chi connectivity index (χ2n) is 9.10. The van der Waals surface area contributed by atoms with Gasteiger partial charge in [-0.25, -0.2) is 0 Å². The van der Waals surface area contributed by atoms with Crippen LogP contribution in [0.15, 0.2) is 77.3 Å². The highest BCUT2D eigenvalue weighted by molar-refractivity contribution is 9.10. The Labute approximate surface area is 217 Å². The summed E-state index contributed by atoms with van der Waals surface area (Å²) < 4.78 is 0.979. The Bertz CT molecular complexity index is 1110. The summed E-state index contributed by atoms with van der Waals surface area (Å²) in [6.45, 7) is 7.14. The number of nitrogens with zero attached hydrogens (tertiary/aromatic N) is 1. The maximum absolute atomic E-state index is 13.9. The summed E-state index contributed by atoms with van der Waals surface area (Å²) in [6, 6.07) is 23.4. The average molecular weight is 536 g/mol. The van der Waals surface area contributed by atoms with Gasteiger partial charge in [0.15, 0.2) is 0 Å². The van der Waals surface area contributed by atoms with Crippen molar-refractivity contribution in [2.24, 2.45) is 0 Å². The second-order valence-corrected chi connectivity index (χ2v) is 10.0. The van der Waals surface area contributed by atoms with Crippen molar-refractivity contribution in [2.75, 3.05) is 6.54 Å². The summed E-state index contributed by atoms with van der Waals surface area (Å²) >= 11 is 3.49. The molecule has 0 fully saturated rings. The van der Waals surface area contributed by atoms with E-state index in [1.165, 1.54) is 0 Å². The van der Waals surface area contributed by atoms with Crippen LogP contribution < -0.4 is 5.32 Å². The van der Waals surface area contributed by atoms with Gasteiger partial charge < -0.3 is 10.2 Å². The molecule has 0 spiro atoms. The van der Waals surface area contributed by atoms with E-state index in [9.17, 15) is 9.59 Å². The first-order chi connectivity index (χ1) is 16.9. The van der Waals surface area contributed by atoms with Gasteiger partial charge in [0.1, 0.15) is 6.04 Å². The van der Waals surface area contributed by atoms with Crippen LogP contribution in [0.1, 0.15) is 47.6 Å². The Morgan fingerprint density at radius 1 is 0.943 bits per heavy atom. The number of halogens is 1. The number of amides is 2. The standard InChI is InChI=1S/C30H35BrN2O2/c1-4-5-17-32-30(35)28(19-24-9-7-6-8-10-24)33(21-25-13-15-27(31)16-14-25)29(34)20-26-18-22(2)11-12-23(26)3/h6-16,18,28H,4-5,17,19-21H2,1-3H3,(H,32,35)/t28-/m1/s1. The molecule has 0 bridgehead atoms. The molecule has 0 aliphatic heterocycles. The van der Waals surface area contributed by atoms with E-state index in [1.54, 1.807) is 4.90 Å². The number of carbonyl (C=O) groups is 2. The lowest BCUT2D eigenvalue weighted by molar-refractivity contribution is -0.140. The number of hydrogen-bond donors (Lipinski definition) is 1. The first-order valence-corrected chi connectivity index (χ1v) is 13.1. The molecule has 184 valence electrons. The van der Waals surface area contributed by atoms with Crippen LogP contribution in [0.3, 0.4) is 0 Å². The summed E-state index contributed by atoms with van der Waals surface area (Å²) in [4.78, 5) is 29.1. The fourth-order valence-electron chi connectivity index (χ4n) is 4.10. The van der Waals surface area contributed by atoms with E-state index >= 15 is 0 Å². The molecule has 4 nitrogen and oxygen atoms in total. The molecule has 0 aliphatic carbocycles. The minimum atomic E-state index is -0.601. The van der Waals surface area contributed by atoms with Crippen LogP contribution in [-0.2, 0) is 29.0 Å². The summed E-state index contributed by atoms with van der Waals surface area (Å²) in [5.74, 6) is -0.151. The molecule has 0 aromatic heterocycles. The molecule has 0 saturated carbocycles. The highest BCUT2D eigenvalue weighted by atomic mass is 79.9. The molecule has 5 heteroatoms. The van der Waals surface area contributed by atoms with Crippen molar-refractivity contribution in [1.82, 2.24) is 10.2 Å². The molecule has 0 saturated heterocycles. The van der Waals surface area contributed by atoms with Gasteiger partial charge >= 0.3 is 0 Å². The smallest absolute Gasteiger partial charge is 0.243 e. The summed E-state index contributed by atoms with van der Waals surface area (Å²) in [5.41, 5.74) is 5.22. The van der Waals surface area contributed by atoms with Gasteiger partial charge in [-0.3, -0.25) is 9.59 Å². The SMILES string of the molecule is CCCCNC(=O)[C@@H](Cc1ccccc1)N(Cc1ccc(Br)cc1)C(=O)Cc1cc(C)ccc1C. The predicted molar refractivity (Wildman–Crippen MR) is 146 cm³/mol. The van der Waals surface area contributed by atoms with Crippen molar-refractivity contribution in [1.29, 1.82) is 0 Å². The summed E-state index contributed by atoms with van der Waals surface area (Å²) in [7, 11) is 0. The molecule has 1 N–H and O–H groups in total. The molecular weight excluding hydrogens is 500 g/mol. The lowest BCUT2D eigenvalue weighted by Crippen LogP contribution is -2.51. The fourth-order valence-corrected chi connectivity index (χ4v) is 4.37. The van der Waals surface area contributed by atoms with Gasteiger partial charge in [-0.1, -0.05) is 95.5 Å². The van der Waals surface area contributed by atoms with Crippen LogP contribution in [0.4, 0.5) is 0 Å². The fraction of sp³-hybridized carbons (Fsp3) is 0.333. The lowest BCUT2D eigenvalue weighted by atomic mass is 9.99. The van der Waals surface area contributed by atoms with E-state index in [2.05, 4.69) is 46.4 Å². The second kappa shape index (κ2) is 13.2. The molecule has 0 aliphatic rings. The number of nitrogens with one attached hydrogen (secondary N) is 1. The topological polar surface area (TPSA) is 49.4 Å². The third kappa shape index (κ3) is 8.07. The van der Waals surface area contributed by atoms with Crippen molar-refractivity contribution in [3.05, 3.63) is 105 Å². The lowest BCUT2D eigenvalue weighted by Gasteiger charge is -2.32. The molecular formula is C30H35BrN2O2. The normalized spacial score (nSPS) is 11.7. The molecule has 35 heavy (non-hydrogen) atoms. The first kappa shape index (κ1) is 26.7. The highest BCUT2D eigenvalue weighted by Crippen LogP contribution is 2.20. The van der Waals surface area contributed by atoms with Gasteiger partial charge in [-0.05, 0) is 54.7 Å². The summed E-state index contributed by atoms with van der Waals surface area (Å²) in [5, 5.41) is 3.08. The van der Waals surface area contributed by atoms with E-state index in [0.717, 1.165) is 45.1 Å². The Hall–Kier alpha value is -2.92. The number of rotatable bonds is 11. The zero-order valence-electron chi connectivity index (χ0n) is 20.9. The van der Waals surface area contributed by atoms with Gasteiger partial charge in [0, 0.05) is 24.0 Å². The Kier molecular flexibility index (Phi) is 10.1. The molecule has 3 aromatic carbocycles. The third-order valence-electron chi connectivity index (χ3n) is 6.21. The van der Waals surface area contributed by atoms with Gasteiger partial charge in [0.05, 0.1) is 6.42 Å². The highest BCUT2D eigenvalue weighted by Gasteiger charge is 2.30. The zero-order valence-corrected chi connectivity index (χ0v) is 22.5. The molecule has 2 amide bonds. The van der Waals surface area contributed by atoms with E-state index in [1.807, 2.05) is 68.4 Å². The van der Waals surface area contributed by atoms with Crippen LogP contribution in [0.25, 0.3) is 0 Å². The van der Waals surface area contributed by atoms with Crippen LogP contribution in [0.2, 0.25) is 0 Å². The van der Waals surface area contributed by atoms with E-state index in [0.29, 0.717) is 19.5 Å². The minimum Gasteiger partial charge on any atom is -0.354 e. The maximum Gasteiger partial charge on any atom is 0.243 e. The van der Waals surface area contributed by atoms with E-state index in [-0.39, 0.29) is 18.2 Å². The molecule has 0 unspecified atom stereocenters. The number of carbonyl (C=O) groups excluding carboxylic acids is 2. The third-order valence-corrected chi connectivity index (χ3v) is 6.74. The quantitative estimate of drug-likeness (QED) is 0.299. The van der Waals surface area contributed by atoms with Crippen molar-refractivity contribution < 1.29 is 9.59 Å². The number of unbranched alkanes of at least 4 members (excludes halogenated alkanes) is 1. The number of hydrogen-bond acceptors (Lipinski definition) is 2. The Morgan fingerprint density at radius 2 is 1.66 bits per heavy atom. The van der Waals surface area contributed by atoms with Crippen molar-refractivity contribution in [3.8, 4) is 0 Å². The molecule has 3 aromatic rings. The van der Waals surface area contributed by atoms with Crippen LogP contribution in [0, 0.1) is 13.8 Å². The minimum absolute atomic E-state index is 0.0480. The molecule has 0 heterocycles. The Morgan fingerprint density at radius 3 is 2.34 bits per heavy atom. The average Bonchev–Trinajstić information content (AvgIpc) is 2.85. The van der Waals surface area contributed by atoms with Crippen LogP contribution >= 0.6 is 15.9 Å². The predicted octanol–water partition coefficient (Wildman–Crippen LogP) is 6.16. The number of aryl methyl sites for hydroxylation is 2. The molecule has 0 radical (unpaired) electrons. The first-order valence-electron chi connectivity index (χ1n) is 12.3. The maximum atomic E-state index is 13.9. The van der Waals surface area contributed by atoms with Gasteiger partial charge in [0.2, 0.25) is 11.8 Å². The van der Waals surface area contributed by atoms with E-state index < -0.39 is 6.04 Å². The van der Waals surface area contributed by atoms with Crippen LogP contribution in [0.5, 0.6) is 0 Å². The van der Waals surface area contributed by atoms with Gasteiger partial charge in [-0.2, -0.15) is 0 Å². The zero-order chi connectivity index (χ0) is 25.2. The summed E-state index contributed by atoms with van der Waals surface area (Å²) in [6.07, 6.45) is 2.64. The number of benzene rings is 3. The van der Waals surface area contributed by atoms with Crippen LogP contribution in [-0.4, -0.2) is 29.3 Å².